The second kappa shape index (κ2) is 9.74. The van der Waals surface area contributed by atoms with Crippen molar-refractivity contribution in [1.29, 1.82) is 0 Å². The molecule has 0 radical (unpaired) electrons. The summed E-state index contributed by atoms with van der Waals surface area (Å²) in [4.78, 5) is 26.2. The van der Waals surface area contributed by atoms with Gasteiger partial charge in [-0.1, -0.05) is 30.3 Å². The lowest BCUT2D eigenvalue weighted by Gasteiger charge is -2.31. The molecule has 0 spiro atoms. The Morgan fingerprint density at radius 1 is 1.11 bits per heavy atom. The average molecular weight is 373 g/mol. The molecule has 1 aromatic carbocycles. The molecule has 0 bridgehead atoms. The van der Waals surface area contributed by atoms with Gasteiger partial charge < -0.3 is 20.7 Å². The van der Waals surface area contributed by atoms with Gasteiger partial charge in [-0.05, 0) is 56.4 Å². The van der Waals surface area contributed by atoms with Crippen LogP contribution in [0, 0.1) is 5.92 Å². The van der Waals surface area contributed by atoms with Crippen molar-refractivity contribution in [2.75, 3.05) is 13.1 Å². The van der Waals surface area contributed by atoms with Crippen LogP contribution in [0.5, 0.6) is 0 Å². The minimum atomic E-state index is -0.381. The number of carbonyl (C=O) groups is 2. The molecule has 1 saturated heterocycles. The largest absolute Gasteiger partial charge is 0.445 e. The van der Waals surface area contributed by atoms with E-state index in [1.54, 1.807) is 0 Å². The van der Waals surface area contributed by atoms with Gasteiger partial charge in [-0.15, -0.1) is 0 Å². The normalized spacial score (nSPS) is 23.7. The predicted molar refractivity (Wildman–Crippen MR) is 104 cm³/mol. The molecule has 1 aliphatic heterocycles. The third-order valence-corrected chi connectivity index (χ3v) is 5.70. The topological polar surface area (TPSA) is 84.7 Å². The number of nitrogens with zero attached hydrogens (tertiary/aromatic N) is 1. The van der Waals surface area contributed by atoms with E-state index in [4.69, 9.17) is 10.5 Å². The molecule has 6 heteroatoms. The van der Waals surface area contributed by atoms with Crippen LogP contribution >= 0.6 is 0 Å². The van der Waals surface area contributed by atoms with Gasteiger partial charge in [0.25, 0.3) is 0 Å². The van der Waals surface area contributed by atoms with E-state index in [1.807, 2.05) is 35.2 Å². The van der Waals surface area contributed by atoms with Crippen molar-refractivity contribution >= 4 is 12.0 Å². The van der Waals surface area contributed by atoms with Gasteiger partial charge in [-0.3, -0.25) is 4.79 Å². The summed E-state index contributed by atoms with van der Waals surface area (Å²) in [6, 6.07) is 9.43. The maximum atomic E-state index is 12.3. The minimum Gasteiger partial charge on any atom is -0.445 e. The molecule has 1 aliphatic carbocycles. The second-order valence-electron chi connectivity index (χ2n) is 7.80. The van der Waals surface area contributed by atoms with Crippen LogP contribution in [-0.2, 0) is 16.1 Å². The second-order valence-corrected chi connectivity index (χ2v) is 7.80. The van der Waals surface area contributed by atoms with Crippen molar-refractivity contribution in [1.82, 2.24) is 10.2 Å². The summed E-state index contributed by atoms with van der Waals surface area (Å²) >= 11 is 0. The molecule has 1 aromatic rings. The van der Waals surface area contributed by atoms with Gasteiger partial charge in [0.05, 0.1) is 6.04 Å². The molecule has 2 aliphatic rings. The van der Waals surface area contributed by atoms with Crippen molar-refractivity contribution in [2.45, 2.75) is 63.6 Å². The third-order valence-electron chi connectivity index (χ3n) is 5.70. The summed E-state index contributed by atoms with van der Waals surface area (Å²) in [5, 5.41) is 2.96. The molecule has 3 rings (SSSR count). The zero-order valence-electron chi connectivity index (χ0n) is 15.9. The van der Waals surface area contributed by atoms with Gasteiger partial charge in [-0.25, -0.2) is 4.79 Å². The van der Waals surface area contributed by atoms with Gasteiger partial charge in [-0.2, -0.15) is 0 Å². The Morgan fingerprint density at radius 3 is 2.44 bits per heavy atom. The predicted octanol–water partition coefficient (Wildman–Crippen LogP) is 2.81. The zero-order valence-corrected chi connectivity index (χ0v) is 15.9. The van der Waals surface area contributed by atoms with Crippen LogP contribution in [0.3, 0.4) is 0 Å². The van der Waals surface area contributed by atoms with Crippen LogP contribution in [-0.4, -0.2) is 42.1 Å². The Hall–Kier alpha value is -2.08. The number of nitrogens with one attached hydrogen (secondary N) is 1. The summed E-state index contributed by atoms with van der Waals surface area (Å²) in [7, 11) is 0. The van der Waals surface area contributed by atoms with Crippen LogP contribution in [0.4, 0.5) is 4.79 Å². The fourth-order valence-electron chi connectivity index (χ4n) is 4.11. The fraction of sp³-hybridized carbons (Fsp3) is 0.619. The fourth-order valence-corrected chi connectivity index (χ4v) is 4.11. The lowest BCUT2D eigenvalue weighted by Crippen LogP contribution is -2.44. The number of benzene rings is 1. The maximum Gasteiger partial charge on any atom is 0.407 e. The quantitative estimate of drug-likeness (QED) is 0.803. The van der Waals surface area contributed by atoms with Gasteiger partial charge in [0.15, 0.2) is 0 Å². The van der Waals surface area contributed by atoms with E-state index in [0.717, 1.165) is 63.6 Å². The number of ether oxygens (including phenoxy) is 1. The highest BCUT2D eigenvalue weighted by Crippen LogP contribution is 2.28. The summed E-state index contributed by atoms with van der Waals surface area (Å²) in [5.41, 5.74) is 7.14. The molecule has 1 atom stereocenters. The van der Waals surface area contributed by atoms with E-state index in [-0.39, 0.29) is 30.7 Å². The van der Waals surface area contributed by atoms with E-state index in [9.17, 15) is 9.59 Å². The van der Waals surface area contributed by atoms with E-state index in [0.29, 0.717) is 5.92 Å². The summed E-state index contributed by atoms with van der Waals surface area (Å²) in [6.07, 6.45) is 6.38. The average Bonchev–Trinajstić information content (AvgIpc) is 3.23. The number of amides is 2. The molecular formula is C21H31N3O3. The molecule has 2 fully saturated rings. The SMILES string of the molecule is N[C@@H](CC1CCC(NC(=O)OCc2ccccc2)CC1)C(=O)N1CCCC1. The van der Waals surface area contributed by atoms with Crippen LogP contribution in [0.25, 0.3) is 0 Å². The highest BCUT2D eigenvalue weighted by Gasteiger charge is 2.29. The standard InChI is InChI=1S/C21H31N3O3/c22-19(20(25)24-12-4-5-13-24)14-16-8-10-18(11-9-16)23-21(26)27-15-17-6-2-1-3-7-17/h1-3,6-7,16,18-19H,4-5,8-15,22H2,(H,23,26)/t16?,18?,19-/m0/s1. The van der Waals surface area contributed by atoms with E-state index >= 15 is 0 Å². The molecular weight excluding hydrogens is 342 g/mol. The molecule has 148 valence electrons. The van der Waals surface area contributed by atoms with Gasteiger partial charge in [0.2, 0.25) is 5.91 Å². The Bertz CT molecular complexity index is 608. The van der Waals surface area contributed by atoms with Crippen molar-refractivity contribution in [2.24, 2.45) is 11.7 Å². The lowest BCUT2D eigenvalue weighted by molar-refractivity contribution is -0.132. The molecule has 2 amide bonds. The number of carbonyl (C=O) groups excluding carboxylic acids is 2. The molecule has 0 aromatic heterocycles. The monoisotopic (exact) mass is 373 g/mol. The lowest BCUT2D eigenvalue weighted by atomic mass is 9.82. The van der Waals surface area contributed by atoms with E-state index in [2.05, 4.69) is 5.32 Å². The third kappa shape index (κ3) is 5.96. The highest BCUT2D eigenvalue weighted by molar-refractivity contribution is 5.81. The number of rotatable bonds is 6. The van der Waals surface area contributed by atoms with Crippen LogP contribution < -0.4 is 11.1 Å². The molecule has 1 heterocycles. The number of nitrogens with two attached hydrogens (primary N) is 1. The summed E-state index contributed by atoms with van der Waals surface area (Å²) < 4.78 is 5.29. The highest BCUT2D eigenvalue weighted by atomic mass is 16.5. The molecule has 3 N–H and O–H groups in total. The number of hydrogen-bond donors (Lipinski definition) is 2. The molecule has 1 saturated carbocycles. The summed E-state index contributed by atoms with van der Waals surface area (Å²) in [6.45, 7) is 2.00. The Labute approximate surface area is 161 Å². The van der Waals surface area contributed by atoms with Gasteiger partial charge in [0, 0.05) is 19.1 Å². The van der Waals surface area contributed by atoms with Gasteiger partial charge in [0.1, 0.15) is 6.61 Å². The first-order valence-corrected chi connectivity index (χ1v) is 10.1. The number of alkyl carbamates (subject to hydrolysis) is 1. The number of likely N-dealkylation sites (tertiary alicyclic amines) is 1. The Kier molecular flexibility index (Phi) is 7.10. The minimum absolute atomic E-state index is 0.109. The van der Waals surface area contributed by atoms with E-state index in [1.165, 1.54) is 0 Å². The maximum absolute atomic E-state index is 12.3. The number of hydrogen-bond acceptors (Lipinski definition) is 4. The van der Waals surface area contributed by atoms with Crippen LogP contribution in [0.15, 0.2) is 30.3 Å². The first-order valence-electron chi connectivity index (χ1n) is 10.1. The zero-order chi connectivity index (χ0) is 19.1. The first kappa shape index (κ1) is 19.7. The van der Waals surface area contributed by atoms with Crippen LogP contribution in [0.1, 0.15) is 50.5 Å². The molecule has 0 unspecified atom stereocenters. The van der Waals surface area contributed by atoms with Crippen molar-refractivity contribution < 1.29 is 14.3 Å². The van der Waals surface area contributed by atoms with Crippen molar-refractivity contribution in [3.63, 3.8) is 0 Å². The molecule has 27 heavy (non-hydrogen) atoms. The van der Waals surface area contributed by atoms with Gasteiger partial charge >= 0.3 is 6.09 Å². The van der Waals surface area contributed by atoms with Crippen molar-refractivity contribution in [3.8, 4) is 0 Å². The van der Waals surface area contributed by atoms with E-state index < -0.39 is 0 Å². The Morgan fingerprint density at radius 2 is 1.78 bits per heavy atom. The smallest absolute Gasteiger partial charge is 0.407 e. The van der Waals surface area contributed by atoms with Crippen LogP contribution in [0.2, 0.25) is 0 Å². The van der Waals surface area contributed by atoms with Crippen molar-refractivity contribution in [3.05, 3.63) is 35.9 Å². The first-order chi connectivity index (χ1) is 13.1. The summed E-state index contributed by atoms with van der Waals surface area (Å²) in [5.74, 6) is 0.571. The Balaban J connectivity index is 1.33. The molecule has 6 nitrogen and oxygen atoms in total.